The van der Waals surface area contributed by atoms with E-state index in [4.69, 9.17) is 0 Å². The van der Waals surface area contributed by atoms with E-state index in [1.165, 1.54) is 0 Å². The van der Waals surface area contributed by atoms with Crippen molar-refractivity contribution in [2.24, 2.45) is 0 Å². The molecule has 0 amide bonds. The van der Waals surface area contributed by atoms with Crippen molar-refractivity contribution in [3.05, 3.63) is 145 Å². The zero-order chi connectivity index (χ0) is 38.5. The molecule has 0 radical (unpaired) electrons. The third-order valence-corrected chi connectivity index (χ3v) is 7.45. The Bertz CT molecular complexity index is 2270. The Labute approximate surface area is 266 Å². The summed E-state index contributed by atoms with van der Waals surface area (Å²) in [6.07, 6.45) is -0.801. The molecular formula is C30HF20N. The van der Waals surface area contributed by atoms with Crippen LogP contribution in [0.25, 0.3) is 16.7 Å². The van der Waals surface area contributed by atoms with Gasteiger partial charge in [-0.3, -0.25) is 0 Å². The highest BCUT2D eigenvalue weighted by atomic mass is 19.2. The van der Waals surface area contributed by atoms with Gasteiger partial charge in [0.2, 0.25) is 23.3 Å². The smallest absolute Gasteiger partial charge is 0.200 e. The first kappa shape index (κ1) is 36.7. The monoisotopic (exact) mass is 755 g/mol. The highest BCUT2D eigenvalue weighted by molar-refractivity contribution is 6.22. The van der Waals surface area contributed by atoms with Gasteiger partial charge in [0.05, 0.1) is 28.3 Å². The van der Waals surface area contributed by atoms with E-state index >= 15 is 35.1 Å². The van der Waals surface area contributed by atoms with Crippen LogP contribution in [0.3, 0.4) is 0 Å². The van der Waals surface area contributed by atoms with E-state index in [0.717, 1.165) is 0 Å². The van der Waals surface area contributed by atoms with Gasteiger partial charge in [0.15, 0.2) is 93.1 Å². The molecule has 1 nitrogen and oxygen atoms in total. The van der Waals surface area contributed by atoms with Gasteiger partial charge >= 0.3 is 0 Å². The first-order valence-electron chi connectivity index (χ1n) is 12.6. The van der Waals surface area contributed by atoms with Crippen molar-refractivity contribution in [2.75, 3.05) is 0 Å². The van der Waals surface area contributed by atoms with Crippen molar-refractivity contribution in [1.29, 1.82) is 5.26 Å². The fraction of sp³-hybridized carbons (Fsp3) is 0.0333. The van der Waals surface area contributed by atoms with Crippen LogP contribution >= 0.6 is 0 Å². The van der Waals surface area contributed by atoms with Crippen molar-refractivity contribution in [1.82, 2.24) is 0 Å². The summed E-state index contributed by atoms with van der Waals surface area (Å²) in [4.78, 5) is 0. The molecular weight excluding hydrogens is 754 g/mol. The second kappa shape index (κ2) is 12.1. The Hall–Kier alpha value is -5.55. The largest absolute Gasteiger partial charge is 0.203 e. The minimum absolute atomic E-state index is 0.509. The zero-order valence-corrected chi connectivity index (χ0v) is 23.1. The Balaban J connectivity index is 2.28. The highest BCUT2D eigenvalue weighted by Crippen LogP contribution is 2.59. The Morgan fingerprint density at radius 1 is 0.333 bits per heavy atom. The molecule has 0 fully saturated rings. The average molecular weight is 755 g/mol. The molecule has 0 saturated heterocycles. The predicted octanol–water partition coefficient (Wildman–Crippen LogP) is 9.94. The van der Waals surface area contributed by atoms with Crippen LogP contribution in [-0.2, 0) is 5.41 Å². The summed E-state index contributed by atoms with van der Waals surface area (Å²) in [5.74, 6) is -64.0. The molecule has 0 saturated carbocycles. The summed E-state index contributed by atoms with van der Waals surface area (Å²) in [5, 5.41) is 10.2. The lowest BCUT2D eigenvalue weighted by molar-refractivity contribution is 0.365. The van der Waals surface area contributed by atoms with Crippen molar-refractivity contribution >= 4 is 16.7 Å². The normalized spacial score (nSPS) is 15.9. The van der Waals surface area contributed by atoms with Crippen LogP contribution in [0.15, 0.2) is 6.08 Å². The summed E-state index contributed by atoms with van der Waals surface area (Å²) >= 11 is 0. The van der Waals surface area contributed by atoms with Crippen LogP contribution in [0, 0.1) is 128 Å². The maximum absolute atomic E-state index is 15.5. The van der Waals surface area contributed by atoms with Crippen LogP contribution in [0.4, 0.5) is 87.8 Å². The van der Waals surface area contributed by atoms with Gasteiger partial charge in [-0.25, -0.2) is 87.8 Å². The van der Waals surface area contributed by atoms with Crippen molar-refractivity contribution in [2.45, 2.75) is 5.41 Å². The maximum atomic E-state index is 15.5. The lowest BCUT2D eigenvalue weighted by Gasteiger charge is -2.27. The Morgan fingerprint density at radius 3 is 0.902 bits per heavy atom. The van der Waals surface area contributed by atoms with Crippen LogP contribution in [0.2, 0.25) is 0 Å². The molecule has 1 unspecified atom stereocenters. The molecule has 0 aromatic heterocycles. The number of allylic oxidation sites excluding steroid dienone is 4. The van der Waals surface area contributed by atoms with Crippen LogP contribution < -0.4 is 0 Å². The molecule has 1 atom stereocenters. The lowest BCUT2D eigenvalue weighted by Crippen LogP contribution is -2.29. The molecule has 21 heteroatoms. The quantitative estimate of drug-likeness (QED) is 0.116. The van der Waals surface area contributed by atoms with Crippen LogP contribution in [0.1, 0.15) is 22.3 Å². The molecule has 0 spiro atoms. The molecule has 4 aromatic carbocycles. The van der Waals surface area contributed by atoms with Crippen LogP contribution in [0.5, 0.6) is 0 Å². The SMILES string of the molecule is N#CC1(c2c(F)c(F)c(F)c(F)c2F)C=C(c2c(F)c(F)c(F)c(F)c2F)C(c2c(F)c(F)c(F)c(F)c2F)=C1c1c(F)c(F)c(F)c(F)c1F. The lowest BCUT2D eigenvalue weighted by atomic mass is 9.72. The van der Waals surface area contributed by atoms with E-state index in [1.54, 1.807) is 0 Å². The molecule has 0 N–H and O–H groups in total. The summed E-state index contributed by atoms with van der Waals surface area (Å²) in [6, 6.07) is 0.509. The van der Waals surface area contributed by atoms with Gasteiger partial charge in [-0.2, -0.15) is 5.26 Å². The minimum Gasteiger partial charge on any atom is -0.203 e. The molecule has 0 bridgehead atoms. The van der Waals surface area contributed by atoms with E-state index in [0.29, 0.717) is 6.07 Å². The molecule has 51 heavy (non-hydrogen) atoms. The molecule has 1 aliphatic carbocycles. The zero-order valence-electron chi connectivity index (χ0n) is 23.1. The summed E-state index contributed by atoms with van der Waals surface area (Å²) in [6.45, 7) is 0. The fourth-order valence-electron chi connectivity index (χ4n) is 5.25. The maximum Gasteiger partial charge on any atom is 0.200 e. The second-order valence-electron chi connectivity index (χ2n) is 10.0. The summed E-state index contributed by atoms with van der Waals surface area (Å²) < 4.78 is 295. The number of halogens is 20. The van der Waals surface area contributed by atoms with Crippen molar-refractivity contribution in [3.63, 3.8) is 0 Å². The van der Waals surface area contributed by atoms with Gasteiger partial charge in [-0.05, 0) is 11.6 Å². The van der Waals surface area contributed by atoms with E-state index in [2.05, 4.69) is 0 Å². The number of hydrogen-bond acceptors (Lipinski definition) is 1. The Kier molecular flexibility index (Phi) is 8.68. The predicted molar refractivity (Wildman–Crippen MR) is 127 cm³/mol. The fourth-order valence-corrected chi connectivity index (χ4v) is 5.25. The average Bonchev–Trinajstić information content (AvgIpc) is 3.42. The standard InChI is InChI=1S/C30HF20N/c31-10-5(11(32)19(40)26(47)18(10)39)3-1-30(2-51,9-16(37)24(45)29(50)25(46)17(9)38)8(7-14(35)22(43)28(49)23(44)15(7)36)4(3)6-12(33)20(41)27(48)21(42)13(6)34/h1H. The van der Waals surface area contributed by atoms with Crippen LogP contribution in [-0.4, -0.2) is 0 Å². The summed E-state index contributed by atoms with van der Waals surface area (Å²) in [7, 11) is 0. The van der Waals surface area contributed by atoms with E-state index in [-0.39, 0.29) is 0 Å². The second-order valence-corrected chi connectivity index (χ2v) is 10.0. The number of benzene rings is 4. The third-order valence-electron chi connectivity index (χ3n) is 7.45. The minimum atomic E-state index is -4.70. The highest BCUT2D eigenvalue weighted by Gasteiger charge is 2.53. The third kappa shape index (κ3) is 4.71. The van der Waals surface area contributed by atoms with Crippen molar-refractivity contribution in [3.8, 4) is 6.07 Å². The first-order chi connectivity index (χ1) is 23.6. The molecule has 1 aliphatic rings. The van der Waals surface area contributed by atoms with Gasteiger partial charge in [-0.1, -0.05) is 0 Å². The number of nitrogens with zero attached hydrogens (tertiary/aromatic N) is 1. The van der Waals surface area contributed by atoms with Gasteiger partial charge in [0.1, 0.15) is 5.41 Å². The van der Waals surface area contributed by atoms with E-state index in [1.807, 2.05) is 0 Å². The molecule has 0 heterocycles. The topological polar surface area (TPSA) is 23.8 Å². The number of hydrogen-bond donors (Lipinski definition) is 0. The van der Waals surface area contributed by atoms with Gasteiger partial charge < -0.3 is 0 Å². The van der Waals surface area contributed by atoms with Gasteiger partial charge in [-0.15, -0.1) is 0 Å². The number of nitriles is 1. The van der Waals surface area contributed by atoms with Crippen molar-refractivity contribution < 1.29 is 87.8 Å². The van der Waals surface area contributed by atoms with E-state index in [9.17, 15) is 57.9 Å². The van der Waals surface area contributed by atoms with E-state index < -0.39 is 167 Å². The molecule has 5 rings (SSSR count). The Morgan fingerprint density at radius 2 is 0.588 bits per heavy atom. The molecule has 4 aromatic rings. The molecule has 0 aliphatic heterocycles. The molecule has 266 valence electrons. The van der Waals surface area contributed by atoms with Gasteiger partial charge in [0, 0.05) is 11.1 Å². The van der Waals surface area contributed by atoms with Gasteiger partial charge in [0.25, 0.3) is 0 Å². The number of rotatable bonds is 4. The summed E-state index contributed by atoms with van der Waals surface area (Å²) in [5.41, 5.74) is -24.1. The first-order valence-corrected chi connectivity index (χ1v) is 12.6.